The summed E-state index contributed by atoms with van der Waals surface area (Å²) in [7, 11) is 0. The van der Waals surface area contributed by atoms with Gasteiger partial charge in [-0.25, -0.2) is 28.8 Å². The van der Waals surface area contributed by atoms with Gasteiger partial charge in [0.1, 0.15) is 35.6 Å². The number of hydrogen-bond donors (Lipinski definition) is 4. The Labute approximate surface area is 400 Å². The molecule has 6 amide bonds. The number of amides is 6. The van der Waals surface area contributed by atoms with E-state index < -0.39 is 71.0 Å². The van der Waals surface area contributed by atoms with Gasteiger partial charge >= 0.3 is 36.6 Å². The molecule has 0 aliphatic carbocycles. The third-order valence-corrected chi connectivity index (χ3v) is 9.02. The van der Waals surface area contributed by atoms with Crippen molar-refractivity contribution in [3.05, 3.63) is 71.8 Å². The second-order valence-electron chi connectivity index (χ2n) is 20.0. The number of carbonyl (C=O) groups excluding carboxylic acids is 6. The Morgan fingerprint density at radius 2 is 0.838 bits per heavy atom. The Balaban J connectivity index is 1.88. The summed E-state index contributed by atoms with van der Waals surface area (Å²) in [6.45, 7) is 20.7. The van der Waals surface area contributed by atoms with Crippen LogP contribution in [0.15, 0.2) is 70.6 Å². The fourth-order valence-corrected chi connectivity index (χ4v) is 6.36. The van der Waals surface area contributed by atoms with Crippen molar-refractivity contribution in [2.75, 3.05) is 26.2 Å². The lowest BCUT2D eigenvalue weighted by molar-refractivity contribution is 0.00368. The summed E-state index contributed by atoms with van der Waals surface area (Å²) in [6, 6.07) is 17.3. The van der Waals surface area contributed by atoms with E-state index in [-0.39, 0.29) is 51.3 Å². The zero-order valence-electron chi connectivity index (χ0n) is 41.7. The summed E-state index contributed by atoms with van der Waals surface area (Å²) in [5.41, 5.74) is -1.80. The lowest BCUT2D eigenvalue weighted by Crippen LogP contribution is -2.61. The molecule has 2 atom stereocenters. The molecule has 2 aromatic carbocycles. The molecule has 1 fully saturated rings. The number of ether oxygens (including phenoxy) is 6. The van der Waals surface area contributed by atoms with Gasteiger partial charge in [-0.3, -0.25) is 10.6 Å². The highest BCUT2D eigenvalue weighted by Crippen LogP contribution is 2.25. The third-order valence-electron chi connectivity index (χ3n) is 9.02. The zero-order chi connectivity index (χ0) is 50.7. The number of nitrogens with zero attached hydrogens (tertiary/aromatic N) is 4. The van der Waals surface area contributed by atoms with Crippen molar-refractivity contribution in [3.63, 3.8) is 0 Å². The molecule has 3 rings (SSSR count). The van der Waals surface area contributed by atoms with Crippen LogP contribution in [0, 0.1) is 0 Å². The molecule has 20 nitrogen and oxygen atoms in total. The van der Waals surface area contributed by atoms with Gasteiger partial charge in [0.15, 0.2) is 0 Å². The van der Waals surface area contributed by atoms with Gasteiger partial charge in [0.25, 0.3) is 0 Å². The topological polar surface area (TPSA) is 237 Å². The van der Waals surface area contributed by atoms with Crippen LogP contribution in [0.2, 0.25) is 0 Å². The Morgan fingerprint density at radius 3 is 1.15 bits per heavy atom. The summed E-state index contributed by atoms with van der Waals surface area (Å²) in [4.78, 5) is 89.9. The Kier molecular flexibility index (Phi) is 20.9. The number of rotatable bonds is 12. The van der Waals surface area contributed by atoms with Gasteiger partial charge in [0, 0.05) is 26.2 Å². The SMILES string of the molecule is CC(C)(C)OC(=O)N=C(NCCCC1CN(C(=O)OCc2ccccc2)C(CCCN/C(=N\C(=O)OC(C)(C)C)NC(=O)OC(C)(C)C)CN1C(=O)OCc1ccccc1)NC(=O)OC(C)(C)C. The molecule has 1 aliphatic heterocycles. The lowest BCUT2D eigenvalue weighted by Gasteiger charge is -2.45. The Hall–Kier alpha value is -6.60. The molecular weight excluding hydrogens is 881 g/mol. The van der Waals surface area contributed by atoms with Crippen LogP contribution in [0.5, 0.6) is 0 Å². The van der Waals surface area contributed by atoms with Crippen molar-refractivity contribution in [1.29, 1.82) is 0 Å². The van der Waals surface area contributed by atoms with Gasteiger partial charge in [-0.1, -0.05) is 60.7 Å². The Bertz CT molecular complexity index is 1890. The molecule has 20 heteroatoms. The number of piperazine rings is 1. The van der Waals surface area contributed by atoms with E-state index >= 15 is 0 Å². The van der Waals surface area contributed by atoms with Crippen molar-refractivity contribution in [2.45, 2.75) is 156 Å². The fourth-order valence-electron chi connectivity index (χ4n) is 6.36. The lowest BCUT2D eigenvalue weighted by atomic mass is 10.00. The smallest absolute Gasteiger partial charge is 0.437 e. The van der Waals surface area contributed by atoms with Crippen LogP contribution in [0.1, 0.15) is 120 Å². The molecule has 68 heavy (non-hydrogen) atoms. The first-order chi connectivity index (χ1) is 31.6. The molecule has 1 saturated heterocycles. The summed E-state index contributed by atoms with van der Waals surface area (Å²) < 4.78 is 33.1. The van der Waals surface area contributed by atoms with Crippen molar-refractivity contribution >= 4 is 48.5 Å². The predicted octanol–water partition coefficient (Wildman–Crippen LogP) is 8.39. The number of benzene rings is 2. The summed E-state index contributed by atoms with van der Waals surface area (Å²) in [5, 5.41) is 10.9. The number of alkyl carbamates (subject to hydrolysis) is 2. The van der Waals surface area contributed by atoms with E-state index in [1.54, 1.807) is 92.9 Å². The van der Waals surface area contributed by atoms with E-state index in [9.17, 15) is 28.8 Å². The van der Waals surface area contributed by atoms with E-state index in [0.29, 0.717) is 25.7 Å². The molecule has 1 aliphatic rings. The van der Waals surface area contributed by atoms with Crippen LogP contribution >= 0.6 is 0 Å². The zero-order valence-corrected chi connectivity index (χ0v) is 41.7. The average Bonchev–Trinajstić information content (AvgIpc) is 3.20. The molecule has 0 bridgehead atoms. The number of hydrogen-bond acceptors (Lipinski definition) is 12. The van der Waals surface area contributed by atoms with Crippen LogP contribution < -0.4 is 21.3 Å². The van der Waals surface area contributed by atoms with Crippen molar-refractivity contribution in [2.24, 2.45) is 9.98 Å². The summed E-state index contributed by atoms with van der Waals surface area (Å²) >= 11 is 0. The standard InChI is InChI=1S/C48H72N8O12/c1-45(2,3)65-39(57)51-37(52-40(58)66-46(4,5)6)49-27-19-25-35-29-56(44(62)64-32-34-23-17-14-18-24-34)36(30-55(35)43(61)63-31-33-21-15-13-16-22-33)26-20-28-50-38(53-41(59)67-47(7,8)9)54-42(60)68-48(10,11)12/h13-18,21-24,35-36H,19-20,25-32H2,1-12H3,(H2,49,51,52,57,58)(H2,50,53,54,59,60). The first-order valence-electron chi connectivity index (χ1n) is 22.7. The average molecular weight is 953 g/mol. The van der Waals surface area contributed by atoms with Crippen LogP contribution in [0.4, 0.5) is 28.8 Å². The summed E-state index contributed by atoms with van der Waals surface area (Å²) in [5.74, 6) is -0.395. The van der Waals surface area contributed by atoms with E-state index in [1.807, 2.05) is 60.7 Å². The first-order valence-corrected chi connectivity index (χ1v) is 22.7. The highest BCUT2D eigenvalue weighted by molar-refractivity contribution is 5.99. The summed E-state index contributed by atoms with van der Waals surface area (Å²) in [6.07, 6.45) is -3.37. The van der Waals surface area contributed by atoms with Crippen molar-refractivity contribution in [3.8, 4) is 0 Å². The maximum atomic E-state index is 14.0. The van der Waals surface area contributed by atoms with Gasteiger partial charge in [0.05, 0.1) is 12.1 Å². The van der Waals surface area contributed by atoms with Crippen LogP contribution in [0.25, 0.3) is 0 Å². The molecule has 376 valence electrons. The van der Waals surface area contributed by atoms with Crippen molar-refractivity contribution < 1.29 is 57.2 Å². The maximum Gasteiger partial charge on any atom is 0.437 e. The van der Waals surface area contributed by atoms with Gasteiger partial charge in [-0.2, -0.15) is 0 Å². The highest BCUT2D eigenvalue weighted by atomic mass is 16.6. The van der Waals surface area contributed by atoms with Gasteiger partial charge in [-0.05, 0) is 120 Å². The molecule has 2 unspecified atom stereocenters. The van der Waals surface area contributed by atoms with Crippen LogP contribution in [0.3, 0.4) is 0 Å². The number of guanidine groups is 2. The second kappa shape index (κ2) is 25.5. The van der Waals surface area contributed by atoms with Crippen molar-refractivity contribution in [1.82, 2.24) is 31.1 Å². The number of aliphatic imine (C=N–C) groups is 2. The molecule has 2 aromatic rings. The van der Waals surface area contributed by atoms with Crippen LogP contribution in [-0.2, 0) is 41.6 Å². The molecule has 4 N–H and O–H groups in total. The monoisotopic (exact) mass is 953 g/mol. The van der Waals surface area contributed by atoms with E-state index in [1.165, 1.54) is 0 Å². The van der Waals surface area contributed by atoms with Gasteiger partial charge in [-0.15, -0.1) is 9.98 Å². The molecule has 0 spiro atoms. The van der Waals surface area contributed by atoms with E-state index in [2.05, 4.69) is 31.3 Å². The maximum absolute atomic E-state index is 14.0. The van der Waals surface area contributed by atoms with Gasteiger partial charge in [0.2, 0.25) is 11.9 Å². The van der Waals surface area contributed by atoms with Gasteiger partial charge < -0.3 is 48.9 Å². The van der Waals surface area contributed by atoms with Crippen LogP contribution in [-0.4, -0.2) is 119 Å². The number of nitrogens with one attached hydrogen (secondary N) is 4. The first kappa shape index (κ1) is 55.7. The number of carbonyl (C=O) groups is 6. The normalized spacial score (nSPS) is 15.9. The minimum atomic E-state index is -0.938. The third kappa shape index (κ3) is 23.2. The van der Waals surface area contributed by atoms with E-state index in [0.717, 1.165) is 11.1 Å². The second-order valence-corrected chi connectivity index (χ2v) is 20.0. The fraction of sp³-hybridized carbons (Fsp3) is 0.583. The predicted molar refractivity (Wildman–Crippen MR) is 255 cm³/mol. The minimum absolute atomic E-state index is 0.00704. The quantitative estimate of drug-likeness (QED) is 0.0677. The Morgan fingerprint density at radius 1 is 0.515 bits per heavy atom. The molecule has 1 heterocycles. The van der Waals surface area contributed by atoms with E-state index in [4.69, 9.17) is 28.4 Å². The largest absolute Gasteiger partial charge is 0.445 e. The molecule has 0 aromatic heterocycles. The highest BCUT2D eigenvalue weighted by Gasteiger charge is 2.40. The molecule has 0 saturated carbocycles. The minimum Gasteiger partial charge on any atom is -0.445 e. The molecular formula is C48H72N8O12. The molecule has 0 radical (unpaired) electrons.